The van der Waals surface area contributed by atoms with Crippen LogP contribution in [0.1, 0.15) is 28.8 Å². The van der Waals surface area contributed by atoms with Gasteiger partial charge in [-0.25, -0.2) is 4.79 Å². The summed E-state index contributed by atoms with van der Waals surface area (Å²) in [6, 6.07) is 14.3. The number of hydrogen-bond donors (Lipinski definition) is 1. The fourth-order valence-electron chi connectivity index (χ4n) is 3.46. The van der Waals surface area contributed by atoms with Gasteiger partial charge in [-0.2, -0.15) is 13.2 Å². The molecule has 0 radical (unpaired) electrons. The zero-order valence-corrected chi connectivity index (χ0v) is 14.2. The Bertz CT molecular complexity index is 774. The van der Waals surface area contributed by atoms with E-state index in [0.29, 0.717) is 19.5 Å². The Balaban J connectivity index is 1.90. The molecular weight excluding hydrogens is 343 g/mol. The third-order valence-electron chi connectivity index (χ3n) is 4.80. The fourth-order valence-corrected chi connectivity index (χ4v) is 3.46. The first-order chi connectivity index (χ1) is 12.3. The highest BCUT2D eigenvalue weighted by Gasteiger charge is 2.41. The summed E-state index contributed by atoms with van der Waals surface area (Å²) in [6.07, 6.45) is -3.55. The Morgan fingerprint density at radius 1 is 1.15 bits per heavy atom. The van der Waals surface area contributed by atoms with Crippen molar-refractivity contribution in [1.29, 1.82) is 0 Å². The van der Waals surface area contributed by atoms with Crippen molar-refractivity contribution in [1.82, 2.24) is 4.90 Å². The van der Waals surface area contributed by atoms with Crippen LogP contribution in [0.5, 0.6) is 0 Å². The van der Waals surface area contributed by atoms with Crippen LogP contribution >= 0.6 is 0 Å². The minimum atomic E-state index is -4.19. The van der Waals surface area contributed by atoms with Gasteiger partial charge in [-0.15, -0.1) is 0 Å². The first kappa shape index (κ1) is 18.5. The Morgan fingerprint density at radius 2 is 1.88 bits per heavy atom. The fraction of sp³-hybridized carbons (Fsp3) is 0.350. The highest BCUT2D eigenvalue weighted by atomic mass is 19.4. The van der Waals surface area contributed by atoms with Crippen molar-refractivity contribution < 1.29 is 23.1 Å². The van der Waals surface area contributed by atoms with Crippen molar-refractivity contribution in [3.05, 3.63) is 59.7 Å². The number of carbonyl (C=O) groups is 1. The van der Waals surface area contributed by atoms with Gasteiger partial charge in [0.2, 0.25) is 0 Å². The van der Waals surface area contributed by atoms with E-state index in [1.165, 1.54) is 6.07 Å². The number of aromatic carboxylic acids is 1. The number of alkyl halides is 3. The van der Waals surface area contributed by atoms with Crippen molar-refractivity contribution in [3.8, 4) is 11.1 Å². The average molecular weight is 363 g/mol. The number of piperidine rings is 1. The predicted octanol–water partition coefficient (Wildman–Crippen LogP) is 4.83. The highest BCUT2D eigenvalue weighted by molar-refractivity contribution is 5.89. The maximum absolute atomic E-state index is 13.1. The molecule has 0 spiro atoms. The Labute approximate surface area is 150 Å². The van der Waals surface area contributed by atoms with E-state index in [4.69, 9.17) is 0 Å². The first-order valence-electron chi connectivity index (χ1n) is 8.55. The lowest BCUT2D eigenvalue weighted by atomic mass is 9.94. The topological polar surface area (TPSA) is 40.5 Å². The van der Waals surface area contributed by atoms with E-state index in [-0.39, 0.29) is 18.5 Å². The standard InChI is InChI=1S/C20H20F3NO2/c21-20(22,23)17-7-4-10-24(13-17)12-16-11-15(19(25)26)8-9-18(16)14-5-2-1-3-6-14/h1-3,5-6,8-9,11,17H,4,7,10,12-13H2,(H,25,26). The van der Waals surface area contributed by atoms with E-state index in [2.05, 4.69) is 0 Å². The molecule has 138 valence electrons. The van der Waals surface area contributed by atoms with Crippen molar-refractivity contribution in [2.75, 3.05) is 13.1 Å². The largest absolute Gasteiger partial charge is 0.478 e. The normalized spacial score (nSPS) is 18.7. The molecule has 0 aliphatic carbocycles. The molecule has 26 heavy (non-hydrogen) atoms. The zero-order valence-electron chi connectivity index (χ0n) is 14.2. The van der Waals surface area contributed by atoms with E-state index in [9.17, 15) is 23.1 Å². The van der Waals surface area contributed by atoms with Gasteiger partial charge >= 0.3 is 12.1 Å². The second kappa shape index (κ2) is 7.50. The molecule has 1 N–H and O–H groups in total. The van der Waals surface area contributed by atoms with Crippen LogP contribution in [-0.4, -0.2) is 35.2 Å². The van der Waals surface area contributed by atoms with E-state index in [0.717, 1.165) is 16.7 Å². The number of rotatable bonds is 4. The van der Waals surface area contributed by atoms with E-state index in [1.807, 2.05) is 30.3 Å². The van der Waals surface area contributed by atoms with Gasteiger partial charge in [0.25, 0.3) is 0 Å². The Kier molecular flexibility index (Phi) is 5.32. The van der Waals surface area contributed by atoms with Gasteiger partial charge in [-0.3, -0.25) is 4.90 Å². The third kappa shape index (κ3) is 4.25. The summed E-state index contributed by atoms with van der Waals surface area (Å²) < 4.78 is 39.2. The number of benzene rings is 2. The van der Waals surface area contributed by atoms with Crippen LogP contribution in [0.2, 0.25) is 0 Å². The molecule has 0 aromatic heterocycles. The summed E-state index contributed by atoms with van der Waals surface area (Å²) >= 11 is 0. The Hall–Kier alpha value is -2.34. The molecule has 2 aromatic rings. The van der Waals surface area contributed by atoms with Crippen LogP contribution in [0.4, 0.5) is 13.2 Å². The summed E-state index contributed by atoms with van der Waals surface area (Å²) in [7, 11) is 0. The average Bonchev–Trinajstić information content (AvgIpc) is 2.62. The number of halogens is 3. The molecule has 3 nitrogen and oxygen atoms in total. The molecular formula is C20H20F3NO2. The van der Waals surface area contributed by atoms with Gasteiger partial charge in [0.15, 0.2) is 0 Å². The quantitative estimate of drug-likeness (QED) is 0.846. The van der Waals surface area contributed by atoms with Gasteiger partial charge < -0.3 is 5.11 Å². The number of carboxylic acid groups (broad SMARTS) is 1. The molecule has 3 rings (SSSR count). The number of nitrogens with zero attached hydrogens (tertiary/aromatic N) is 1. The third-order valence-corrected chi connectivity index (χ3v) is 4.80. The molecule has 1 heterocycles. The van der Waals surface area contributed by atoms with E-state index >= 15 is 0 Å². The number of likely N-dealkylation sites (tertiary alicyclic amines) is 1. The summed E-state index contributed by atoms with van der Waals surface area (Å²) in [5, 5.41) is 9.26. The molecule has 2 aromatic carbocycles. The lowest BCUT2D eigenvalue weighted by Gasteiger charge is -2.34. The Morgan fingerprint density at radius 3 is 2.54 bits per heavy atom. The monoisotopic (exact) mass is 363 g/mol. The highest BCUT2D eigenvalue weighted by Crippen LogP contribution is 2.34. The lowest BCUT2D eigenvalue weighted by molar-refractivity contribution is -0.187. The van der Waals surface area contributed by atoms with Crippen LogP contribution in [-0.2, 0) is 6.54 Å². The van der Waals surface area contributed by atoms with Gasteiger partial charge in [-0.05, 0) is 48.2 Å². The number of carboxylic acids is 1. The molecule has 1 unspecified atom stereocenters. The van der Waals surface area contributed by atoms with Crippen LogP contribution in [0.15, 0.2) is 48.5 Å². The van der Waals surface area contributed by atoms with Crippen molar-refractivity contribution in [2.45, 2.75) is 25.6 Å². The minimum Gasteiger partial charge on any atom is -0.478 e. The lowest BCUT2D eigenvalue weighted by Crippen LogP contribution is -2.41. The first-order valence-corrected chi connectivity index (χ1v) is 8.55. The second-order valence-electron chi connectivity index (χ2n) is 6.66. The molecule has 1 aliphatic heterocycles. The van der Waals surface area contributed by atoms with Gasteiger partial charge in [0, 0.05) is 13.1 Å². The van der Waals surface area contributed by atoms with Crippen molar-refractivity contribution in [3.63, 3.8) is 0 Å². The minimum absolute atomic E-state index is 0.0466. The molecule has 1 saturated heterocycles. The molecule has 0 bridgehead atoms. The van der Waals surface area contributed by atoms with Crippen LogP contribution in [0.25, 0.3) is 11.1 Å². The summed E-state index contributed by atoms with van der Waals surface area (Å²) in [4.78, 5) is 13.1. The van der Waals surface area contributed by atoms with Crippen LogP contribution in [0, 0.1) is 5.92 Å². The maximum Gasteiger partial charge on any atom is 0.393 e. The predicted molar refractivity (Wildman–Crippen MR) is 92.9 cm³/mol. The van der Waals surface area contributed by atoms with Gasteiger partial charge in [-0.1, -0.05) is 36.4 Å². The molecule has 0 amide bonds. The molecule has 0 saturated carbocycles. The summed E-state index contributed by atoms with van der Waals surface area (Å²) in [6.45, 7) is 0.838. The van der Waals surface area contributed by atoms with E-state index < -0.39 is 18.1 Å². The van der Waals surface area contributed by atoms with Gasteiger partial charge in [0.1, 0.15) is 0 Å². The van der Waals surface area contributed by atoms with Gasteiger partial charge in [0.05, 0.1) is 11.5 Å². The summed E-state index contributed by atoms with van der Waals surface area (Å²) in [5.74, 6) is -2.36. The molecule has 1 aliphatic rings. The second-order valence-corrected chi connectivity index (χ2v) is 6.66. The SMILES string of the molecule is O=C(O)c1ccc(-c2ccccc2)c(CN2CCCC(C(F)(F)F)C2)c1. The smallest absolute Gasteiger partial charge is 0.393 e. The molecule has 6 heteroatoms. The van der Waals surface area contributed by atoms with Crippen LogP contribution < -0.4 is 0 Å². The van der Waals surface area contributed by atoms with Crippen molar-refractivity contribution in [2.24, 2.45) is 5.92 Å². The van der Waals surface area contributed by atoms with Crippen molar-refractivity contribution >= 4 is 5.97 Å². The molecule has 1 atom stereocenters. The van der Waals surface area contributed by atoms with E-state index in [1.54, 1.807) is 17.0 Å². The molecule has 1 fully saturated rings. The zero-order chi connectivity index (χ0) is 18.7. The number of hydrogen-bond acceptors (Lipinski definition) is 2. The maximum atomic E-state index is 13.1. The van der Waals surface area contributed by atoms with Crippen LogP contribution in [0.3, 0.4) is 0 Å². The summed E-state index contributed by atoms with van der Waals surface area (Å²) in [5.41, 5.74) is 2.65.